The predicted octanol–water partition coefficient (Wildman–Crippen LogP) is 5.03. The molecule has 3 N–H and O–H groups in total. The zero-order valence-corrected chi connectivity index (χ0v) is 21.2. The van der Waals surface area contributed by atoms with Gasteiger partial charge in [-0.3, -0.25) is 4.98 Å². The van der Waals surface area contributed by atoms with Gasteiger partial charge in [0.15, 0.2) is 5.82 Å². The van der Waals surface area contributed by atoms with E-state index in [9.17, 15) is 8.42 Å². The van der Waals surface area contributed by atoms with Crippen molar-refractivity contribution in [3.05, 3.63) is 84.3 Å². The van der Waals surface area contributed by atoms with Crippen molar-refractivity contribution in [2.24, 2.45) is 5.14 Å². The standard InChI is InChI=1S/C26H24N6O2S2/c1-2-8-17-13-20(18-9-4-3-5-10-18)23-21(14-17)31-24(22-16-30-26(35-22)36(27,33)34)32-25(23)29-15-19-11-6-7-12-28-19/h3-7,9-14,16H,2,8,15H2,1H3,(H2,27,33,34)(H,29,31,32). The van der Waals surface area contributed by atoms with Crippen LogP contribution in [-0.2, 0) is 23.0 Å². The van der Waals surface area contributed by atoms with Gasteiger partial charge in [0.1, 0.15) is 5.82 Å². The Kier molecular flexibility index (Phi) is 6.73. The fourth-order valence-corrected chi connectivity index (χ4v) is 5.52. The summed E-state index contributed by atoms with van der Waals surface area (Å²) in [7, 11) is -3.92. The Morgan fingerprint density at radius 2 is 1.81 bits per heavy atom. The van der Waals surface area contributed by atoms with E-state index in [0.29, 0.717) is 23.1 Å². The SMILES string of the molecule is CCCc1cc(-c2ccccc2)c2c(NCc3ccccn3)nc(-c3cnc(S(N)(=O)=O)s3)nc2c1. The van der Waals surface area contributed by atoms with Crippen molar-refractivity contribution in [3.8, 4) is 21.8 Å². The van der Waals surface area contributed by atoms with Crippen molar-refractivity contribution < 1.29 is 8.42 Å². The highest BCUT2D eigenvalue weighted by Crippen LogP contribution is 2.36. The lowest BCUT2D eigenvalue weighted by molar-refractivity contribution is 0.597. The number of sulfonamides is 1. The van der Waals surface area contributed by atoms with Gasteiger partial charge in [-0.25, -0.2) is 28.5 Å². The van der Waals surface area contributed by atoms with E-state index in [-0.39, 0.29) is 4.34 Å². The number of rotatable bonds is 8. The highest BCUT2D eigenvalue weighted by Gasteiger charge is 2.19. The molecule has 0 saturated heterocycles. The van der Waals surface area contributed by atoms with E-state index in [4.69, 9.17) is 15.1 Å². The summed E-state index contributed by atoms with van der Waals surface area (Å²) in [6.07, 6.45) is 5.10. The molecule has 3 aromatic heterocycles. The Morgan fingerprint density at radius 1 is 1.00 bits per heavy atom. The first-order valence-corrected chi connectivity index (χ1v) is 13.8. The van der Waals surface area contributed by atoms with Crippen LogP contribution in [0.25, 0.3) is 32.7 Å². The quantitative estimate of drug-likeness (QED) is 0.296. The highest BCUT2D eigenvalue weighted by atomic mass is 32.2. The third kappa shape index (κ3) is 5.11. The number of nitrogens with one attached hydrogen (secondary N) is 1. The van der Waals surface area contributed by atoms with Gasteiger partial charge in [0.25, 0.3) is 10.0 Å². The molecule has 0 unspecified atom stereocenters. The van der Waals surface area contributed by atoms with Crippen LogP contribution in [0.3, 0.4) is 0 Å². The van der Waals surface area contributed by atoms with E-state index >= 15 is 0 Å². The van der Waals surface area contributed by atoms with E-state index < -0.39 is 10.0 Å². The molecule has 0 saturated carbocycles. The molecule has 2 aromatic carbocycles. The average molecular weight is 517 g/mol. The van der Waals surface area contributed by atoms with Gasteiger partial charge in [-0.15, -0.1) is 0 Å². The van der Waals surface area contributed by atoms with Gasteiger partial charge < -0.3 is 5.32 Å². The average Bonchev–Trinajstić information content (AvgIpc) is 3.39. The predicted molar refractivity (Wildman–Crippen MR) is 143 cm³/mol. The summed E-state index contributed by atoms with van der Waals surface area (Å²) in [6.45, 7) is 2.60. The number of aryl methyl sites for hydroxylation is 1. The number of hydrogen-bond donors (Lipinski definition) is 2. The van der Waals surface area contributed by atoms with Gasteiger partial charge in [0.05, 0.1) is 34.2 Å². The third-order valence-corrected chi connectivity index (χ3v) is 7.92. The minimum atomic E-state index is -3.92. The number of thiazole rings is 1. The summed E-state index contributed by atoms with van der Waals surface area (Å²) in [6, 6.07) is 20.2. The van der Waals surface area contributed by atoms with Crippen molar-refractivity contribution in [2.75, 3.05) is 5.32 Å². The van der Waals surface area contributed by atoms with Crippen molar-refractivity contribution in [1.82, 2.24) is 19.9 Å². The van der Waals surface area contributed by atoms with E-state index in [1.54, 1.807) is 6.20 Å². The molecule has 5 rings (SSSR count). The number of nitrogens with zero attached hydrogens (tertiary/aromatic N) is 4. The van der Waals surface area contributed by atoms with Gasteiger partial charge >= 0.3 is 0 Å². The molecule has 0 aliphatic rings. The minimum Gasteiger partial charge on any atom is -0.364 e. The fourth-order valence-electron chi connectivity index (χ4n) is 4.01. The second kappa shape index (κ2) is 10.1. The molecule has 36 heavy (non-hydrogen) atoms. The summed E-state index contributed by atoms with van der Waals surface area (Å²) in [5, 5.41) is 9.60. The van der Waals surface area contributed by atoms with Crippen LogP contribution in [0, 0.1) is 0 Å². The Labute approximate surface area is 213 Å². The normalized spacial score (nSPS) is 11.6. The Hall–Kier alpha value is -3.73. The molecule has 5 aromatic rings. The van der Waals surface area contributed by atoms with Crippen molar-refractivity contribution in [1.29, 1.82) is 0 Å². The molecule has 3 heterocycles. The maximum atomic E-state index is 11.8. The van der Waals surface area contributed by atoms with Crippen LogP contribution < -0.4 is 10.5 Å². The molecule has 8 nitrogen and oxygen atoms in total. The summed E-state index contributed by atoms with van der Waals surface area (Å²) in [5.74, 6) is 1.01. The van der Waals surface area contributed by atoms with E-state index in [0.717, 1.165) is 51.9 Å². The number of nitrogens with two attached hydrogens (primary N) is 1. The van der Waals surface area contributed by atoms with Crippen LogP contribution in [0.15, 0.2) is 77.4 Å². The fraction of sp³-hybridized carbons (Fsp3) is 0.154. The molecule has 0 spiro atoms. The minimum absolute atomic E-state index is 0.172. The molecule has 0 amide bonds. The molecule has 0 bridgehead atoms. The number of anilines is 1. The summed E-state index contributed by atoms with van der Waals surface area (Å²) >= 11 is 0.950. The van der Waals surface area contributed by atoms with Gasteiger partial charge in [-0.2, -0.15) is 0 Å². The Morgan fingerprint density at radius 3 is 2.50 bits per heavy atom. The van der Waals surface area contributed by atoms with Gasteiger partial charge in [-0.05, 0) is 41.3 Å². The first kappa shape index (κ1) is 24.0. The second-order valence-corrected chi connectivity index (χ2v) is 11.0. The largest absolute Gasteiger partial charge is 0.364 e. The maximum Gasteiger partial charge on any atom is 0.265 e. The first-order chi connectivity index (χ1) is 17.4. The van der Waals surface area contributed by atoms with Crippen molar-refractivity contribution in [3.63, 3.8) is 0 Å². The lowest BCUT2D eigenvalue weighted by atomic mass is 9.96. The molecule has 0 aliphatic heterocycles. The van der Waals surface area contributed by atoms with Crippen LogP contribution in [0.4, 0.5) is 5.82 Å². The van der Waals surface area contributed by atoms with Gasteiger partial charge in [0, 0.05) is 6.20 Å². The molecular weight excluding hydrogens is 492 g/mol. The number of benzene rings is 2. The monoisotopic (exact) mass is 516 g/mol. The van der Waals surface area contributed by atoms with Crippen molar-refractivity contribution >= 4 is 38.1 Å². The number of pyridine rings is 1. The molecule has 0 aliphatic carbocycles. The lowest BCUT2D eigenvalue weighted by Gasteiger charge is -2.16. The zero-order chi connectivity index (χ0) is 25.1. The second-order valence-electron chi connectivity index (χ2n) is 8.26. The molecular formula is C26H24N6O2S2. The smallest absolute Gasteiger partial charge is 0.265 e. The molecule has 0 atom stereocenters. The zero-order valence-electron chi connectivity index (χ0n) is 19.5. The van der Waals surface area contributed by atoms with Crippen LogP contribution in [-0.4, -0.2) is 28.4 Å². The van der Waals surface area contributed by atoms with Crippen LogP contribution >= 0.6 is 11.3 Å². The molecule has 0 fully saturated rings. The van der Waals surface area contributed by atoms with Crippen molar-refractivity contribution in [2.45, 2.75) is 30.6 Å². The van der Waals surface area contributed by atoms with E-state index in [1.807, 2.05) is 36.4 Å². The third-order valence-electron chi connectivity index (χ3n) is 5.59. The molecule has 0 radical (unpaired) electrons. The number of aromatic nitrogens is 4. The summed E-state index contributed by atoms with van der Waals surface area (Å²) in [4.78, 5) is 18.6. The number of fused-ring (bicyclic) bond motifs is 1. The Bertz CT molecular complexity index is 1620. The lowest BCUT2D eigenvalue weighted by Crippen LogP contribution is -2.11. The molecule has 182 valence electrons. The van der Waals surface area contributed by atoms with Gasteiger partial charge in [-0.1, -0.05) is 67.1 Å². The highest BCUT2D eigenvalue weighted by molar-refractivity contribution is 7.91. The van der Waals surface area contributed by atoms with Crippen LogP contribution in [0.5, 0.6) is 0 Å². The van der Waals surface area contributed by atoms with E-state index in [1.165, 1.54) is 11.8 Å². The van der Waals surface area contributed by atoms with Gasteiger partial charge in [0.2, 0.25) is 4.34 Å². The number of primary sulfonamides is 1. The maximum absolute atomic E-state index is 11.8. The topological polar surface area (TPSA) is 124 Å². The van der Waals surface area contributed by atoms with Crippen LogP contribution in [0.2, 0.25) is 0 Å². The molecule has 10 heteroatoms. The van der Waals surface area contributed by atoms with Crippen LogP contribution in [0.1, 0.15) is 24.6 Å². The van der Waals surface area contributed by atoms with E-state index in [2.05, 4.69) is 46.5 Å². The Balaban J connectivity index is 1.72. The first-order valence-electron chi connectivity index (χ1n) is 11.4. The number of hydrogen-bond acceptors (Lipinski definition) is 8. The summed E-state index contributed by atoms with van der Waals surface area (Å²) < 4.78 is 23.4. The summed E-state index contributed by atoms with van der Waals surface area (Å²) in [5.41, 5.74) is 4.88.